The van der Waals surface area contributed by atoms with Crippen molar-refractivity contribution in [2.24, 2.45) is 5.16 Å². The summed E-state index contributed by atoms with van der Waals surface area (Å²) in [4.78, 5) is 14.5. The summed E-state index contributed by atoms with van der Waals surface area (Å²) in [6.07, 6.45) is 8.48. The zero-order valence-corrected chi connectivity index (χ0v) is 31.2. The quantitative estimate of drug-likeness (QED) is 0.130. The van der Waals surface area contributed by atoms with E-state index < -0.39 is 0 Å². The first-order valence-corrected chi connectivity index (χ1v) is 17.6. The van der Waals surface area contributed by atoms with Crippen LogP contribution in [0, 0.1) is 11.8 Å². The van der Waals surface area contributed by atoms with Gasteiger partial charge in [-0.2, -0.15) is 0 Å². The second-order valence-corrected chi connectivity index (χ2v) is 9.71. The number of halogens is 2. The Bertz CT molecular complexity index is 1590. The predicted octanol–water partition coefficient (Wildman–Crippen LogP) is 10.6. The van der Waals surface area contributed by atoms with Gasteiger partial charge in [0.2, 0.25) is 0 Å². The molecule has 2 aliphatic rings. The van der Waals surface area contributed by atoms with Crippen LogP contribution in [0.25, 0.3) is 10.9 Å². The number of rotatable bonds is 9. The summed E-state index contributed by atoms with van der Waals surface area (Å²) in [6, 6.07) is 11.2. The lowest BCUT2D eigenvalue weighted by Crippen LogP contribution is -2.43. The molecule has 1 fully saturated rings. The molecule has 274 valence electrons. The maximum absolute atomic E-state index is 13.4. The molecule has 0 saturated carbocycles. The molecule has 50 heavy (non-hydrogen) atoms. The van der Waals surface area contributed by atoms with E-state index >= 15 is 0 Å². The monoisotopic (exact) mass is 709 g/mol. The topological polar surface area (TPSA) is 89.9 Å². The number of hydrogen-bond donors (Lipinski definition) is 2. The summed E-state index contributed by atoms with van der Waals surface area (Å²) in [5, 5.41) is 12.2. The molecular formula is C40H57ClFN5O3. The number of morpholine rings is 1. The maximum atomic E-state index is 13.4. The van der Waals surface area contributed by atoms with Crippen molar-refractivity contribution < 1.29 is 18.7 Å². The molecule has 1 saturated heterocycles. The molecule has 2 N–H and O–H groups in total. The molecule has 1 aliphatic heterocycles. The van der Waals surface area contributed by atoms with Gasteiger partial charge in [-0.3, -0.25) is 0 Å². The Kier molecular flexibility index (Phi) is 25.2. The Morgan fingerprint density at radius 1 is 1.08 bits per heavy atom. The van der Waals surface area contributed by atoms with Gasteiger partial charge in [0.15, 0.2) is 5.71 Å². The summed E-state index contributed by atoms with van der Waals surface area (Å²) >= 11 is 6.53. The van der Waals surface area contributed by atoms with E-state index in [1.807, 2.05) is 85.7 Å². The second-order valence-electron chi connectivity index (χ2n) is 9.31. The highest BCUT2D eigenvalue weighted by Gasteiger charge is 2.14. The number of hydrogen-bond acceptors (Lipinski definition) is 8. The highest BCUT2D eigenvalue weighted by atomic mass is 35.5. The van der Waals surface area contributed by atoms with Crippen LogP contribution in [-0.2, 0) is 9.57 Å². The van der Waals surface area contributed by atoms with Crippen LogP contribution in [-0.4, -0.2) is 54.7 Å². The molecule has 5 rings (SSSR count). The number of nitrogens with zero attached hydrogens (tertiary/aromatic N) is 3. The summed E-state index contributed by atoms with van der Waals surface area (Å²) in [5.74, 6) is 6.86. The van der Waals surface area contributed by atoms with Gasteiger partial charge in [-0.1, -0.05) is 104 Å². The van der Waals surface area contributed by atoms with E-state index in [1.54, 1.807) is 31.2 Å². The molecule has 1 aromatic heterocycles. The standard InChI is InChI=1S/C31H29ClFN5O3.4C2H6.CH4/c1-2-4-28(38-41-19-25-18-39-14-13-34-25)22-8-11-29-26(15-22)31(36-20-35-29)37-24-10-12-30(27(32)16-24)40-17-21-5-3-6-23(33)9-7-21;4*1-2;/h3,5-8,10-12,15-16,20,25,34H,9,13-14,17-19H2,1H3,(H,35,36,37);4*1-2H3;1H4/b38-28+;;;;;/t25-;;;;;/m1...../s1. The lowest BCUT2D eigenvalue weighted by Gasteiger charge is -2.22. The third-order valence-corrected chi connectivity index (χ3v) is 6.61. The third kappa shape index (κ3) is 15.1. The minimum atomic E-state index is -0.188. The average Bonchev–Trinajstić information content (AvgIpc) is 3.38. The molecule has 3 aromatic rings. The van der Waals surface area contributed by atoms with Crippen LogP contribution >= 0.6 is 11.6 Å². The van der Waals surface area contributed by atoms with Gasteiger partial charge in [0.05, 0.1) is 29.8 Å². The van der Waals surface area contributed by atoms with Crippen LogP contribution in [0.3, 0.4) is 0 Å². The van der Waals surface area contributed by atoms with Crippen molar-refractivity contribution in [2.75, 3.05) is 38.3 Å². The van der Waals surface area contributed by atoms with E-state index in [1.165, 1.54) is 12.4 Å². The Hall–Kier alpha value is -4.23. The average molecular weight is 710 g/mol. The molecule has 1 aliphatic carbocycles. The van der Waals surface area contributed by atoms with Gasteiger partial charge in [0.1, 0.15) is 36.9 Å². The minimum Gasteiger partial charge on any atom is -0.487 e. The Labute approximate surface area is 305 Å². The van der Waals surface area contributed by atoms with Crippen LogP contribution in [0.1, 0.15) is 81.7 Å². The lowest BCUT2D eigenvalue weighted by atomic mass is 10.1. The van der Waals surface area contributed by atoms with Gasteiger partial charge < -0.3 is 24.9 Å². The predicted molar refractivity (Wildman–Crippen MR) is 211 cm³/mol. The molecule has 8 nitrogen and oxygen atoms in total. The zero-order valence-electron chi connectivity index (χ0n) is 30.5. The van der Waals surface area contributed by atoms with Crippen LogP contribution in [0.15, 0.2) is 83.6 Å². The number of anilines is 2. The van der Waals surface area contributed by atoms with Crippen molar-refractivity contribution in [3.05, 3.63) is 89.0 Å². The van der Waals surface area contributed by atoms with E-state index in [0.717, 1.165) is 34.3 Å². The largest absolute Gasteiger partial charge is 0.487 e. The fraction of sp³-hybridized carbons (Fsp3) is 0.425. The molecule has 10 heteroatoms. The van der Waals surface area contributed by atoms with Crippen molar-refractivity contribution in [2.45, 2.75) is 82.2 Å². The van der Waals surface area contributed by atoms with Gasteiger partial charge >= 0.3 is 0 Å². The molecule has 2 aromatic carbocycles. The van der Waals surface area contributed by atoms with Crippen molar-refractivity contribution in [3.8, 4) is 17.6 Å². The molecule has 0 bridgehead atoms. The third-order valence-electron chi connectivity index (χ3n) is 6.32. The van der Waals surface area contributed by atoms with Gasteiger partial charge in [-0.25, -0.2) is 14.4 Å². The van der Waals surface area contributed by atoms with Gasteiger partial charge in [0.25, 0.3) is 0 Å². The summed E-state index contributed by atoms with van der Waals surface area (Å²) in [7, 11) is 0. The van der Waals surface area contributed by atoms with Crippen LogP contribution in [0.2, 0.25) is 5.02 Å². The zero-order chi connectivity index (χ0) is 36.4. The number of allylic oxidation sites excluding steroid dienone is 4. The van der Waals surface area contributed by atoms with E-state index in [9.17, 15) is 4.39 Å². The number of fused-ring (bicyclic) bond motifs is 1. The molecule has 1 atom stereocenters. The first kappa shape index (κ1) is 45.8. The van der Waals surface area contributed by atoms with E-state index in [0.29, 0.717) is 42.1 Å². The summed E-state index contributed by atoms with van der Waals surface area (Å²) in [5.41, 5.74) is 3.62. The van der Waals surface area contributed by atoms with Gasteiger partial charge in [-0.15, -0.1) is 0 Å². The summed E-state index contributed by atoms with van der Waals surface area (Å²) in [6.45, 7) is 20.5. The minimum absolute atomic E-state index is 0. The highest BCUT2D eigenvalue weighted by Crippen LogP contribution is 2.31. The van der Waals surface area contributed by atoms with E-state index in [-0.39, 0.29) is 32.3 Å². The molecule has 2 heterocycles. The van der Waals surface area contributed by atoms with Crippen LogP contribution in [0.4, 0.5) is 15.9 Å². The van der Waals surface area contributed by atoms with Crippen molar-refractivity contribution in [3.63, 3.8) is 0 Å². The maximum Gasteiger partial charge on any atom is 0.159 e. The Balaban J connectivity index is 0.00000249. The number of oxime groups is 1. The first-order chi connectivity index (χ1) is 24.1. The van der Waals surface area contributed by atoms with E-state index in [4.69, 9.17) is 25.9 Å². The van der Waals surface area contributed by atoms with E-state index in [2.05, 4.69) is 37.6 Å². The molecular weight excluding hydrogens is 653 g/mol. The number of benzene rings is 2. The normalized spacial score (nSPS) is 14.5. The fourth-order valence-electron chi connectivity index (χ4n) is 4.23. The highest BCUT2D eigenvalue weighted by molar-refractivity contribution is 6.32. The Morgan fingerprint density at radius 3 is 2.52 bits per heavy atom. The van der Waals surface area contributed by atoms with Crippen LogP contribution in [0.5, 0.6) is 5.75 Å². The van der Waals surface area contributed by atoms with Crippen LogP contribution < -0.4 is 15.4 Å². The van der Waals surface area contributed by atoms with Gasteiger partial charge in [-0.05, 0) is 60.9 Å². The molecule has 0 spiro atoms. The lowest BCUT2D eigenvalue weighted by molar-refractivity contribution is 0.0312. The van der Waals surface area contributed by atoms with Gasteiger partial charge in [0, 0.05) is 29.6 Å². The second kappa shape index (κ2) is 27.6. The number of nitrogens with one attached hydrogen (secondary N) is 2. The van der Waals surface area contributed by atoms with Crippen molar-refractivity contribution in [1.82, 2.24) is 15.3 Å². The number of ether oxygens (including phenoxy) is 2. The summed E-state index contributed by atoms with van der Waals surface area (Å²) < 4.78 is 24.8. The molecule has 0 unspecified atom stereocenters. The SMILES string of the molecule is C.CC.CC.CC.CC.CC#C/C(=N\OC[C@H]1COCCN1)c1ccc2ncnc(Nc3ccc(OCC4=CCC(F)=CC=C4)c(Cl)c3)c2c1. The van der Waals surface area contributed by atoms with Crippen molar-refractivity contribution >= 4 is 39.7 Å². The molecule has 0 amide bonds. The van der Waals surface area contributed by atoms with Crippen molar-refractivity contribution in [1.29, 1.82) is 0 Å². The smallest absolute Gasteiger partial charge is 0.159 e. The first-order valence-electron chi connectivity index (χ1n) is 17.2. The Morgan fingerprint density at radius 2 is 1.84 bits per heavy atom. The fourth-order valence-corrected chi connectivity index (χ4v) is 4.46. The number of aromatic nitrogens is 2. The molecule has 0 radical (unpaired) electrons.